The number of nitrogens with two attached hydrogens (primary N) is 1. The Morgan fingerprint density at radius 3 is 2.55 bits per heavy atom. The van der Waals surface area contributed by atoms with Crippen molar-refractivity contribution in [1.82, 2.24) is 0 Å². The number of aromatic carboxylic acids is 1. The molecule has 0 heterocycles. The lowest BCUT2D eigenvalue weighted by Crippen LogP contribution is -2.06. The largest absolute Gasteiger partial charge is 0.478 e. The zero-order valence-corrected chi connectivity index (χ0v) is 12.2. The molecule has 3 N–H and O–H groups in total. The van der Waals surface area contributed by atoms with Crippen molar-refractivity contribution in [3.05, 3.63) is 51.8 Å². The van der Waals surface area contributed by atoms with Crippen LogP contribution in [0.4, 0.5) is 10.1 Å². The highest BCUT2D eigenvalue weighted by Crippen LogP contribution is 2.38. The fourth-order valence-corrected chi connectivity index (χ4v) is 3.05. The topological polar surface area (TPSA) is 63.3 Å². The molecule has 0 bridgehead atoms. The van der Waals surface area contributed by atoms with Crippen LogP contribution in [0.1, 0.15) is 10.4 Å². The monoisotopic (exact) mass is 331 g/mol. The third-order valence-electron chi connectivity index (χ3n) is 2.48. The molecule has 0 fully saturated rings. The van der Waals surface area contributed by atoms with E-state index in [1.54, 1.807) is 18.2 Å². The molecular formula is C13H8Cl2FNO2S. The van der Waals surface area contributed by atoms with Crippen LogP contribution in [0.5, 0.6) is 0 Å². The molecule has 0 spiro atoms. The third kappa shape index (κ3) is 3.00. The Kier molecular flexibility index (Phi) is 4.42. The lowest BCUT2D eigenvalue weighted by atomic mass is 10.2. The molecule has 2 aromatic carbocycles. The smallest absolute Gasteiger partial charge is 0.339 e. The number of anilines is 1. The number of carboxylic acid groups (broad SMARTS) is 1. The van der Waals surface area contributed by atoms with E-state index in [0.29, 0.717) is 19.8 Å². The molecule has 3 nitrogen and oxygen atoms in total. The van der Waals surface area contributed by atoms with E-state index in [2.05, 4.69) is 0 Å². The Morgan fingerprint density at radius 2 is 1.90 bits per heavy atom. The fourth-order valence-electron chi connectivity index (χ4n) is 1.55. The summed E-state index contributed by atoms with van der Waals surface area (Å²) in [4.78, 5) is 12.1. The first-order chi connectivity index (χ1) is 9.40. The van der Waals surface area contributed by atoms with Gasteiger partial charge in [0, 0.05) is 14.8 Å². The van der Waals surface area contributed by atoms with E-state index in [0.717, 1.165) is 17.8 Å². The highest BCUT2D eigenvalue weighted by Gasteiger charge is 2.19. The first kappa shape index (κ1) is 15.0. The molecule has 20 heavy (non-hydrogen) atoms. The van der Waals surface area contributed by atoms with Gasteiger partial charge in [0.15, 0.2) is 0 Å². The number of benzene rings is 2. The van der Waals surface area contributed by atoms with Crippen molar-refractivity contribution in [1.29, 1.82) is 0 Å². The predicted octanol–water partition coefficient (Wildman–Crippen LogP) is 4.56. The van der Waals surface area contributed by atoms with Crippen molar-refractivity contribution in [3.8, 4) is 0 Å². The van der Waals surface area contributed by atoms with E-state index in [9.17, 15) is 9.18 Å². The normalized spacial score (nSPS) is 10.6. The van der Waals surface area contributed by atoms with Crippen LogP contribution < -0.4 is 5.73 Å². The van der Waals surface area contributed by atoms with Crippen LogP contribution in [0, 0.1) is 5.82 Å². The molecule has 2 rings (SSSR count). The summed E-state index contributed by atoms with van der Waals surface area (Å²) < 4.78 is 13.4. The van der Waals surface area contributed by atoms with Crippen LogP contribution in [0.2, 0.25) is 10.0 Å². The van der Waals surface area contributed by atoms with Gasteiger partial charge in [-0.2, -0.15) is 0 Å². The van der Waals surface area contributed by atoms with Crippen LogP contribution in [0.15, 0.2) is 40.1 Å². The Morgan fingerprint density at radius 1 is 1.20 bits per heavy atom. The Bertz CT molecular complexity index is 694. The molecule has 2 aromatic rings. The van der Waals surface area contributed by atoms with Gasteiger partial charge in [-0.25, -0.2) is 9.18 Å². The van der Waals surface area contributed by atoms with Crippen LogP contribution in [-0.4, -0.2) is 11.1 Å². The van der Waals surface area contributed by atoms with Crippen LogP contribution in [0.25, 0.3) is 0 Å². The van der Waals surface area contributed by atoms with Crippen molar-refractivity contribution in [3.63, 3.8) is 0 Å². The average molecular weight is 332 g/mol. The quantitative estimate of drug-likeness (QED) is 0.809. The Labute approximate surface area is 128 Å². The number of rotatable bonds is 3. The predicted molar refractivity (Wildman–Crippen MR) is 78.4 cm³/mol. The number of carbonyl (C=O) groups is 1. The second-order valence-corrected chi connectivity index (χ2v) is 5.74. The average Bonchev–Trinajstić information content (AvgIpc) is 2.38. The summed E-state index contributed by atoms with van der Waals surface area (Å²) in [6.45, 7) is 0. The van der Waals surface area contributed by atoms with Crippen LogP contribution >= 0.6 is 35.0 Å². The first-order valence-corrected chi connectivity index (χ1v) is 6.91. The molecule has 0 aliphatic heterocycles. The first-order valence-electron chi connectivity index (χ1n) is 5.34. The van der Waals surface area contributed by atoms with Crippen molar-refractivity contribution in [2.45, 2.75) is 9.79 Å². The summed E-state index contributed by atoms with van der Waals surface area (Å²) in [5, 5.41) is 10.0. The van der Waals surface area contributed by atoms with Crippen molar-refractivity contribution in [2.24, 2.45) is 0 Å². The third-order valence-corrected chi connectivity index (χ3v) is 4.28. The molecule has 0 saturated heterocycles. The van der Waals surface area contributed by atoms with Gasteiger partial charge < -0.3 is 10.8 Å². The van der Waals surface area contributed by atoms with Crippen molar-refractivity contribution >= 4 is 46.6 Å². The highest BCUT2D eigenvalue weighted by molar-refractivity contribution is 7.99. The zero-order valence-electron chi connectivity index (χ0n) is 9.86. The van der Waals surface area contributed by atoms with E-state index in [-0.39, 0.29) is 5.56 Å². The van der Waals surface area contributed by atoms with E-state index < -0.39 is 17.5 Å². The summed E-state index contributed by atoms with van der Waals surface area (Å²) in [5.41, 5.74) is 4.79. The summed E-state index contributed by atoms with van der Waals surface area (Å²) in [5.74, 6) is -2.08. The van der Waals surface area contributed by atoms with Gasteiger partial charge in [0.2, 0.25) is 0 Å². The second-order valence-electron chi connectivity index (χ2n) is 3.82. The van der Waals surface area contributed by atoms with Gasteiger partial charge in [0.05, 0.1) is 16.3 Å². The molecular weight excluding hydrogens is 324 g/mol. The van der Waals surface area contributed by atoms with E-state index in [4.69, 9.17) is 34.0 Å². The molecule has 0 radical (unpaired) electrons. The minimum Gasteiger partial charge on any atom is -0.478 e. The summed E-state index contributed by atoms with van der Waals surface area (Å²) in [7, 11) is 0. The van der Waals surface area contributed by atoms with Crippen LogP contribution in [0.3, 0.4) is 0 Å². The lowest BCUT2D eigenvalue weighted by molar-refractivity contribution is 0.0694. The number of nitrogen functional groups attached to an aromatic ring is 1. The summed E-state index contributed by atoms with van der Waals surface area (Å²) in [6, 6.07) is 7.27. The van der Waals surface area contributed by atoms with Gasteiger partial charge in [-0.05, 0) is 30.3 Å². The Balaban J connectivity index is 2.51. The summed E-state index contributed by atoms with van der Waals surface area (Å²) in [6.07, 6.45) is 0. The van der Waals surface area contributed by atoms with Crippen molar-refractivity contribution in [2.75, 3.05) is 5.73 Å². The number of carboxylic acids is 1. The maximum absolute atomic E-state index is 13.4. The number of halogens is 3. The van der Waals surface area contributed by atoms with Crippen molar-refractivity contribution < 1.29 is 14.3 Å². The number of hydrogen-bond donors (Lipinski definition) is 2. The standard InChI is InChI=1S/C13H8Cl2FNO2S/c14-6-1-2-7(15)10(5-6)20-9-4-3-8(16)12(17)11(9)13(18)19/h1-5H,17H2,(H,18,19). The van der Waals surface area contributed by atoms with E-state index >= 15 is 0 Å². The molecule has 0 aromatic heterocycles. The fraction of sp³-hybridized carbons (Fsp3) is 0. The van der Waals surface area contributed by atoms with Crippen LogP contribution in [-0.2, 0) is 0 Å². The minimum absolute atomic E-state index is 0.286. The zero-order chi connectivity index (χ0) is 14.9. The molecule has 0 atom stereocenters. The molecule has 0 unspecified atom stereocenters. The van der Waals surface area contributed by atoms with Gasteiger partial charge in [0.1, 0.15) is 5.82 Å². The maximum Gasteiger partial charge on any atom is 0.339 e. The number of hydrogen-bond acceptors (Lipinski definition) is 3. The maximum atomic E-state index is 13.4. The molecule has 0 saturated carbocycles. The molecule has 7 heteroatoms. The lowest BCUT2D eigenvalue weighted by Gasteiger charge is -2.10. The highest BCUT2D eigenvalue weighted by atomic mass is 35.5. The minimum atomic E-state index is -1.30. The molecule has 0 amide bonds. The SMILES string of the molecule is Nc1c(F)ccc(Sc2cc(Cl)ccc2Cl)c1C(=O)O. The van der Waals surface area contributed by atoms with Gasteiger partial charge in [-0.1, -0.05) is 35.0 Å². The molecule has 0 aliphatic carbocycles. The molecule has 104 valence electrons. The second kappa shape index (κ2) is 5.91. The Hall–Kier alpha value is -1.43. The van der Waals surface area contributed by atoms with Gasteiger partial charge >= 0.3 is 5.97 Å². The van der Waals surface area contributed by atoms with Gasteiger partial charge in [0.25, 0.3) is 0 Å². The van der Waals surface area contributed by atoms with E-state index in [1.165, 1.54) is 6.07 Å². The van der Waals surface area contributed by atoms with Gasteiger partial charge in [-0.15, -0.1) is 0 Å². The molecule has 0 aliphatic rings. The van der Waals surface area contributed by atoms with Gasteiger partial charge in [-0.3, -0.25) is 0 Å². The van der Waals surface area contributed by atoms with E-state index in [1.807, 2.05) is 0 Å². The summed E-state index contributed by atoms with van der Waals surface area (Å²) >= 11 is 12.9.